The molecule has 1 aromatic heterocycles. The van der Waals surface area contributed by atoms with Gasteiger partial charge in [-0.25, -0.2) is 5.43 Å². The highest BCUT2D eigenvalue weighted by atomic mass is 127. The molecule has 0 saturated heterocycles. The number of hydrogen-bond donors (Lipinski definition) is 3. The molecule has 3 aromatic rings. The van der Waals surface area contributed by atoms with E-state index in [0.717, 1.165) is 30.4 Å². The quantitative estimate of drug-likeness (QED) is 0.182. The number of hydrogen-bond acceptors (Lipinski definition) is 7. The number of alkyl halides is 3. The van der Waals surface area contributed by atoms with Crippen molar-refractivity contribution in [3.05, 3.63) is 60.2 Å². The minimum atomic E-state index is -4.44. The summed E-state index contributed by atoms with van der Waals surface area (Å²) < 4.78 is 41.0. The molecule has 3 N–H and O–H groups in total. The standard InChI is InChI=1S/C19H16F3I2N7/c1-10-11(6-13(23)8-15(10)24)9-26-31-18-29-16(25-2)28-17(30-18)27-14-5-3-4-12(7-14)19(20,21)22/h3-9H,1-2H3,(H3,25,27,28,29,30,31)/b26-9-. The van der Waals surface area contributed by atoms with Crippen LogP contribution in [0.1, 0.15) is 16.7 Å². The average molecular weight is 653 g/mol. The molecule has 162 valence electrons. The van der Waals surface area contributed by atoms with E-state index in [2.05, 4.69) is 87.4 Å². The van der Waals surface area contributed by atoms with Crippen molar-refractivity contribution in [1.29, 1.82) is 0 Å². The Morgan fingerprint density at radius 2 is 1.71 bits per heavy atom. The minimum absolute atomic E-state index is 0.0661. The molecule has 0 aliphatic carbocycles. The molecule has 3 rings (SSSR count). The van der Waals surface area contributed by atoms with Gasteiger partial charge in [0.05, 0.1) is 11.8 Å². The van der Waals surface area contributed by atoms with E-state index in [9.17, 15) is 13.2 Å². The number of benzene rings is 2. The average Bonchev–Trinajstić information content (AvgIpc) is 2.71. The third kappa shape index (κ3) is 6.38. The number of nitrogens with zero attached hydrogens (tertiary/aromatic N) is 4. The van der Waals surface area contributed by atoms with Crippen molar-refractivity contribution in [3.63, 3.8) is 0 Å². The topological polar surface area (TPSA) is 87.1 Å². The second kappa shape index (κ2) is 9.93. The first-order valence-corrected chi connectivity index (χ1v) is 10.9. The normalized spacial score (nSPS) is 11.6. The smallest absolute Gasteiger partial charge is 0.357 e. The second-order valence-electron chi connectivity index (χ2n) is 6.23. The van der Waals surface area contributed by atoms with E-state index in [1.54, 1.807) is 13.3 Å². The molecule has 7 nitrogen and oxygen atoms in total. The lowest BCUT2D eigenvalue weighted by molar-refractivity contribution is -0.137. The van der Waals surface area contributed by atoms with Gasteiger partial charge < -0.3 is 10.6 Å². The zero-order chi connectivity index (χ0) is 22.6. The number of anilines is 4. The largest absolute Gasteiger partial charge is 0.416 e. The highest BCUT2D eigenvalue weighted by Crippen LogP contribution is 2.31. The Balaban J connectivity index is 1.81. The van der Waals surface area contributed by atoms with Gasteiger partial charge in [0.2, 0.25) is 17.8 Å². The molecule has 1 heterocycles. The molecule has 0 aliphatic rings. The van der Waals surface area contributed by atoms with E-state index in [0.29, 0.717) is 0 Å². The zero-order valence-electron chi connectivity index (χ0n) is 16.2. The molecule has 0 radical (unpaired) electrons. The highest BCUT2D eigenvalue weighted by molar-refractivity contribution is 14.1. The van der Waals surface area contributed by atoms with Crippen LogP contribution >= 0.6 is 45.2 Å². The zero-order valence-corrected chi connectivity index (χ0v) is 20.5. The lowest BCUT2D eigenvalue weighted by atomic mass is 10.1. The predicted octanol–water partition coefficient (Wildman–Crippen LogP) is 5.64. The molecule has 0 aliphatic heterocycles. The number of halogens is 5. The molecule has 0 amide bonds. The summed E-state index contributed by atoms with van der Waals surface area (Å²) in [5.74, 6) is 0.418. The van der Waals surface area contributed by atoms with E-state index < -0.39 is 11.7 Å². The summed E-state index contributed by atoms with van der Waals surface area (Å²) in [6.07, 6.45) is -2.79. The van der Waals surface area contributed by atoms with Crippen LogP contribution in [0.5, 0.6) is 0 Å². The van der Waals surface area contributed by atoms with Crippen molar-refractivity contribution in [3.8, 4) is 0 Å². The summed E-state index contributed by atoms with van der Waals surface area (Å²) in [5, 5.41) is 9.74. The van der Waals surface area contributed by atoms with Gasteiger partial charge >= 0.3 is 6.18 Å². The Morgan fingerprint density at radius 3 is 2.42 bits per heavy atom. The van der Waals surface area contributed by atoms with Gasteiger partial charge in [0.1, 0.15) is 0 Å². The maximum absolute atomic E-state index is 12.9. The lowest BCUT2D eigenvalue weighted by Crippen LogP contribution is -2.08. The maximum Gasteiger partial charge on any atom is 0.416 e. The Kier molecular flexibility index (Phi) is 7.51. The van der Waals surface area contributed by atoms with E-state index in [-0.39, 0.29) is 23.5 Å². The second-order valence-corrected chi connectivity index (χ2v) is 8.64. The Labute approximate surface area is 203 Å². The molecule has 2 aromatic carbocycles. The summed E-state index contributed by atoms with van der Waals surface area (Å²) in [7, 11) is 1.62. The molecule has 0 saturated carbocycles. The van der Waals surface area contributed by atoms with E-state index in [1.807, 2.05) is 13.0 Å². The van der Waals surface area contributed by atoms with E-state index in [4.69, 9.17) is 0 Å². The molecule has 31 heavy (non-hydrogen) atoms. The van der Waals surface area contributed by atoms with Gasteiger partial charge in [-0.3, -0.25) is 0 Å². The fourth-order valence-corrected chi connectivity index (χ4v) is 4.35. The van der Waals surface area contributed by atoms with Crippen LogP contribution in [0.15, 0.2) is 41.5 Å². The Bertz CT molecular complexity index is 1120. The van der Waals surface area contributed by atoms with Crippen molar-refractivity contribution in [2.24, 2.45) is 5.10 Å². The van der Waals surface area contributed by atoms with Crippen LogP contribution in [0.25, 0.3) is 0 Å². The van der Waals surface area contributed by atoms with Crippen LogP contribution in [0.2, 0.25) is 0 Å². The van der Waals surface area contributed by atoms with E-state index >= 15 is 0 Å². The Hall–Kier alpha value is -2.23. The van der Waals surface area contributed by atoms with Gasteiger partial charge in [0.25, 0.3) is 0 Å². The van der Waals surface area contributed by atoms with Crippen molar-refractivity contribution in [2.75, 3.05) is 23.1 Å². The van der Waals surface area contributed by atoms with Crippen molar-refractivity contribution >= 4 is 74.9 Å². The van der Waals surface area contributed by atoms with Crippen LogP contribution < -0.4 is 16.1 Å². The molecule has 0 fully saturated rings. The molecular weight excluding hydrogens is 637 g/mol. The molecule has 0 atom stereocenters. The molecule has 0 unspecified atom stereocenters. The Morgan fingerprint density at radius 1 is 1.00 bits per heavy atom. The van der Waals surface area contributed by atoms with Crippen LogP contribution in [-0.4, -0.2) is 28.2 Å². The van der Waals surface area contributed by atoms with Crippen LogP contribution in [0.3, 0.4) is 0 Å². The summed E-state index contributed by atoms with van der Waals surface area (Å²) in [4.78, 5) is 12.5. The van der Waals surface area contributed by atoms with Crippen molar-refractivity contribution < 1.29 is 13.2 Å². The van der Waals surface area contributed by atoms with Gasteiger partial charge in [-0.15, -0.1) is 0 Å². The van der Waals surface area contributed by atoms with Crippen molar-refractivity contribution in [1.82, 2.24) is 15.0 Å². The SMILES string of the molecule is CNc1nc(N/N=C\c2cc(I)cc(I)c2C)nc(Nc2cccc(C(F)(F)F)c2)n1. The lowest BCUT2D eigenvalue weighted by Gasteiger charge is -2.11. The van der Waals surface area contributed by atoms with Gasteiger partial charge in [0, 0.05) is 19.9 Å². The number of nitrogens with one attached hydrogen (secondary N) is 3. The van der Waals surface area contributed by atoms with Gasteiger partial charge in [-0.2, -0.15) is 33.2 Å². The van der Waals surface area contributed by atoms with Gasteiger partial charge in [-0.05, 0) is 93.6 Å². The molecule has 0 spiro atoms. The first kappa shape index (κ1) is 23.4. The predicted molar refractivity (Wildman–Crippen MR) is 132 cm³/mol. The fraction of sp³-hybridized carbons (Fsp3) is 0.158. The summed E-state index contributed by atoms with van der Waals surface area (Å²) in [6, 6.07) is 8.83. The third-order valence-corrected chi connectivity index (χ3v) is 5.77. The maximum atomic E-state index is 12.9. The summed E-state index contributed by atoms with van der Waals surface area (Å²) in [6.45, 7) is 2.00. The first-order valence-electron chi connectivity index (χ1n) is 8.78. The number of rotatable bonds is 6. The molecular formula is C19H16F3I2N7. The van der Waals surface area contributed by atoms with Gasteiger partial charge in [0.15, 0.2) is 0 Å². The highest BCUT2D eigenvalue weighted by Gasteiger charge is 2.30. The van der Waals surface area contributed by atoms with Crippen LogP contribution in [0.4, 0.5) is 36.7 Å². The molecule has 12 heteroatoms. The monoisotopic (exact) mass is 653 g/mol. The number of hydrazone groups is 1. The van der Waals surface area contributed by atoms with Gasteiger partial charge in [-0.1, -0.05) is 6.07 Å². The summed E-state index contributed by atoms with van der Waals surface area (Å²) >= 11 is 4.50. The number of aromatic nitrogens is 3. The fourth-order valence-electron chi connectivity index (χ4n) is 2.46. The first-order chi connectivity index (χ1) is 14.7. The van der Waals surface area contributed by atoms with Crippen LogP contribution in [-0.2, 0) is 6.18 Å². The van der Waals surface area contributed by atoms with Crippen LogP contribution in [0, 0.1) is 14.1 Å². The van der Waals surface area contributed by atoms with E-state index in [1.165, 1.54) is 12.1 Å². The summed E-state index contributed by atoms with van der Waals surface area (Å²) in [5.41, 5.74) is 4.19. The third-order valence-electron chi connectivity index (χ3n) is 4.02. The molecule has 0 bridgehead atoms. The minimum Gasteiger partial charge on any atom is -0.357 e. The van der Waals surface area contributed by atoms with Crippen molar-refractivity contribution in [2.45, 2.75) is 13.1 Å².